The zero-order valence-electron chi connectivity index (χ0n) is 16.3. The number of hydrogen-bond acceptors (Lipinski definition) is 3. The lowest BCUT2D eigenvalue weighted by molar-refractivity contribution is -0.139. The number of Topliss-reactive ketones (excluding diaryl/α,β-unsaturated/α-hetero) is 1. The molecule has 0 amide bonds. The highest BCUT2D eigenvalue weighted by atomic mass is 32.1. The summed E-state index contributed by atoms with van der Waals surface area (Å²) in [5.74, 6) is -0.632. The fraction of sp³-hybridized carbons (Fsp3) is 0.455. The normalized spacial score (nSPS) is 12.8. The summed E-state index contributed by atoms with van der Waals surface area (Å²) >= 11 is 1.68. The number of thiophene rings is 1. The Balaban J connectivity index is 2.35. The van der Waals surface area contributed by atoms with Crippen LogP contribution in [0.2, 0.25) is 0 Å². The third kappa shape index (κ3) is 5.04. The van der Waals surface area contributed by atoms with Gasteiger partial charge in [0.25, 0.3) is 0 Å². The zero-order chi connectivity index (χ0) is 19.5. The second kappa shape index (κ2) is 8.17. The van der Waals surface area contributed by atoms with Crippen LogP contribution in [0.3, 0.4) is 0 Å². The minimum absolute atomic E-state index is 0.00758. The van der Waals surface area contributed by atoms with Crippen molar-refractivity contribution in [2.24, 2.45) is 5.41 Å². The van der Waals surface area contributed by atoms with E-state index in [2.05, 4.69) is 38.1 Å². The summed E-state index contributed by atoms with van der Waals surface area (Å²) < 4.78 is 0. The zero-order valence-corrected chi connectivity index (χ0v) is 17.1. The van der Waals surface area contributed by atoms with Crippen molar-refractivity contribution in [1.29, 1.82) is 0 Å². The first-order chi connectivity index (χ1) is 12.1. The molecule has 0 saturated carbocycles. The van der Waals surface area contributed by atoms with Crippen molar-refractivity contribution in [1.82, 2.24) is 0 Å². The van der Waals surface area contributed by atoms with Crippen LogP contribution in [0.1, 0.15) is 77.2 Å². The first kappa shape index (κ1) is 20.4. The summed E-state index contributed by atoms with van der Waals surface area (Å²) in [6.45, 7) is 9.92. The van der Waals surface area contributed by atoms with Crippen LogP contribution < -0.4 is 0 Å². The molecule has 3 nitrogen and oxygen atoms in total. The number of benzene rings is 1. The van der Waals surface area contributed by atoms with Gasteiger partial charge in [-0.2, -0.15) is 0 Å². The first-order valence-electron chi connectivity index (χ1n) is 9.05. The third-order valence-electron chi connectivity index (χ3n) is 4.66. The largest absolute Gasteiger partial charge is 0.481 e. The number of carboxylic acid groups (broad SMARTS) is 1. The Labute approximate surface area is 160 Å². The van der Waals surface area contributed by atoms with E-state index in [4.69, 9.17) is 5.11 Å². The van der Waals surface area contributed by atoms with Gasteiger partial charge in [0.05, 0.1) is 6.42 Å². The molecule has 4 heteroatoms. The number of carbonyl (C=O) groups excluding carboxylic acids is 1. The van der Waals surface area contributed by atoms with Gasteiger partial charge in [0.15, 0.2) is 5.78 Å². The van der Waals surface area contributed by atoms with Crippen molar-refractivity contribution in [3.63, 3.8) is 0 Å². The van der Waals surface area contributed by atoms with Gasteiger partial charge in [0, 0.05) is 27.7 Å². The maximum Gasteiger partial charge on any atom is 0.303 e. The summed E-state index contributed by atoms with van der Waals surface area (Å²) in [6.07, 6.45) is 1.15. The lowest BCUT2D eigenvalue weighted by atomic mass is 9.81. The van der Waals surface area contributed by atoms with E-state index < -0.39 is 11.4 Å². The number of aryl methyl sites for hydroxylation is 2. The number of aliphatic carboxylic acids is 1. The molecule has 2 aromatic rings. The number of rotatable bonds is 8. The van der Waals surface area contributed by atoms with E-state index in [1.807, 2.05) is 26.8 Å². The average Bonchev–Trinajstić information content (AvgIpc) is 2.90. The van der Waals surface area contributed by atoms with Gasteiger partial charge in [-0.1, -0.05) is 50.6 Å². The van der Waals surface area contributed by atoms with E-state index >= 15 is 0 Å². The van der Waals surface area contributed by atoms with Gasteiger partial charge in [-0.15, -0.1) is 11.3 Å². The van der Waals surface area contributed by atoms with Gasteiger partial charge >= 0.3 is 5.97 Å². The highest BCUT2D eigenvalue weighted by molar-refractivity contribution is 7.12. The molecule has 1 N–H and O–H groups in total. The molecule has 0 aliphatic rings. The lowest BCUT2D eigenvalue weighted by Gasteiger charge is -2.22. The highest BCUT2D eigenvalue weighted by Gasteiger charge is 2.29. The van der Waals surface area contributed by atoms with Crippen molar-refractivity contribution in [2.75, 3.05) is 0 Å². The smallest absolute Gasteiger partial charge is 0.303 e. The van der Waals surface area contributed by atoms with Crippen LogP contribution in [0.5, 0.6) is 0 Å². The quantitative estimate of drug-likeness (QED) is 0.580. The second-order valence-electron chi connectivity index (χ2n) is 7.84. The number of carboxylic acids is 1. The molecule has 140 valence electrons. The minimum Gasteiger partial charge on any atom is -0.481 e. The van der Waals surface area contributed by atoms with Gasteiger partial charge in [-0.05, 0) is 37.3 Å². The number of carbonyl (C=O) groups is 2. The molecule has 0 radical (unpaired) electrons. The molecular formula is C22H28O3S. The van der Waals surface area contributed by atoms with E-state index in [0.717, 1.165) is 21.7 Å². The van der Waals surface area contributed by atoms with Crippen LogP contribution in [0.4, 0.5) is 0 Å². The van der Waals surface area contributed by atoms with Crippen LogP contribution in [0, 0.1) is 19.3 Å². The second-order valence-corrected chi connectivity index (χ2v) is 9.13. The Bertz CT molecular complexity index is 784. The standard InChI is InChI=1S/C22H28O3S/c1-6-17(16-9-7-14(2)8-10-16)21-18(11-15(3)26-21)19(23)12-22(4,5)13-20(24)25/h7-11,17H,6,12-13H2,1-5H3,(H,24,25). The van der Waals surface area contributed by atoms with Crippen molar-refractivity contribution in [3.05, 3.63) is 56.8 Å². The van der Waals surface area contributed by atoms with Crippen LogP contribution >= 0.6 is 11.3 Å². The maximum atomic E-state index is 13.0. The van der Waals surface area contributed by atoms with Gasteiger partial charge < -0.3 is 5.11 Å². The Morgan fingerprint density at radius 2 is 1.73 bits per heavy atom. The third-order valence-corrected chi connectivity index (χ3v) is 5.82. The van der Waals surface area contributed by atoms with Crippen molar-refractivity contribution in [3.8, 4) is 0 Å². The predicted molar refractivity (Wildman–Crippen MR) is 107 cm³/mol. The Morgan fingerprint density at radius 3 is 2.27 bits per heavy atom. The molecule has 26 heavy (non-hydrogen) atoms. The Morgan fingerprint density at radius 1 is 1.12 bits per heavy atom. The van der Waals surface area contributed by atoms with Gasteiger partial charge in [-0.25, -0.2) is 0 Å². The highest BCUT2D eigenvalue weighted by Crippen LogP contribution is 2.38. The first-order valence-corrected chi connectivity index (χ1v) is 9.86. The topological polar surface area (TPSA) is 54.4 Å². The lowest BCUT2D eigenvalue weighted by Crippen LogP contribution is -2.21. The van der Waals surface area contributed by atoms with Crippen LogP contribution in [-0.4, -0.2) is 16.9 Å². The monoisotopic (exact) mass is 372 g/mol. The summed E-state index contributed by atoms with van der Waals surface area (Å²) in [5.41, 5.74) is 2.65. The van der Waals surface area contributed by atoms with Crippen molar-refractivity contribution < 1.29 is 14.7 Å². The van der Waals surface area contributed by atoms with Crippen molar-refractivity contribution in [2.45, 2.75) is 59.8 Å². The Kier molecular flexibility index (Phi) is 6.40. The summed E-state index contributed by atoms with van der Waals surface area (Å²) in [4.78, 5) is 26.3. The van der Waals surface area contributed by atoms with E-state index in [1.54, 1.807) is 11.3 Å². The van der Waals surface area contributed by atoms with Crippen LogP contribution in [-0.2, 0) is 4.79 Å². The van der Waals surface area contributed by atoms with E-state index in [9.17, 15) is 9.59 Å². The van der Waals surface area contributed by atoms with E-state index in [0.29, 0.717) is 0 Å². The van der Waals surface area contributed by atoms with Gasteiger partial charge in [0.1, 0.15) is 0 Å². The van der Waals surface area contributed by atoms with E-state index in [1.165, 1.54) is 11.1 Å². The fourth-order valence-corrected chi connectivity index (χ4v) is 4.63. The van der Waals surface area contributed by atoms with Crippen molar-refractivity contribution >= 4 is 23.1 Å². The molecule has 1 unspecified atom stereocenters. The molecule has 1 atom stereocenters. The van der Waals surface area contributed by atoms with Gasteiger partial charge in [0.2, 0.25) is 0 Å². The molecule has 0 fully saturated rings. The maximum absolute atomic E-state index is 13.0. The molecule has 1 aromatic heterocycles. The average molecular weight is 373 g/mol. The number of hydrogen-bond donors (Lipinski definition) is 1. The summed E-state index contributed by atoms with van der Waals surface area (Å²) in [6, 6.07) is 10.5. The molecule has 0 aliphatic carbocycles. The molecule has 1 heterocycles. The molecule has 1 aromatic carbocycles. The predicted octanol–water partition coefficient (Wildman–Crippen LogP) is 5.98. The molecule has 2 rings (SSSR count). The molecule has 0 bridgehead atoms. The molecular weight excluding hydrogens is 344 g/mol. The molecule has 0 aliphatic heterocycles. The van der Waals surface area contributed by atoms with Crippen LogP contribution in [0.15, 0.2) is 30.3 Å². The van der Waals surface area contributed by atoms with E-state index in [-0.39, 0.29) is 24.5 Å². The number of ketones is 1. The van der Waals surface area contributed by atoms with Gasteiger partial charge in [-0.3, -0.25) is 9.59 Å². The fourth-order valence-electron chi connectivity index (χ4n) is 3.38. The minimum atomic E-state index is -0.865. The summed E-state index contributed by atoms with van der Waals surface area (Å²) in [7, 11) is 0. The molecule has 0 spiro atoms. The molecule has 0 saturated heterocycles. The van der Waals surface area contributed by atoms with Crippen LogP contribution in [0.25, 0.3) is 0 Å². The summed E-state index contributed by atoms with van der Waals surface area (Å²) in [5, 5.41) is 9.08. The Hall–Kier alpha value is -1.94. The SMILES string of the molecule is CCC(c1ccc(C)cc1)c1sc(C)cc1C(=O)CC(C)(C)CC(=O)O.